The number of benzene rings is 1. The summed E-state index contributed by atoms with van der Waals surface area (Å²) in [6.45, 7) is 0.519. The van der Waals surface area contributed by atoms with Gasteiger partial charge in [0, 0.05) is 12.1 Å². The van der Waals surface area contributed by atoms with Gasteiger partial charge in [-0.25, -0.2) is 0 Å². The Kier molecular flexibility index (Phi) is 6.31. The van der Waals surface area contributed by atoms with Gasteiger partial charge in [0.25, 0.3) is 11.1 Å². The molecular weight excluding hydrogens is 366 g/mol. The van der Waals surface area contributed by atoms with Crippen molar-refractivity contribution in [3.05, 3.63) is 22.6 Å². The Balaban J connectivity index is 1.85. The van der Waals surface area contributed by atoms with Gasteiger partial charge in [0.05, 0.1) is 26.2 Å². The molecule has 6 nitrogen and oxygen atoms in total. The van der Waals surface area contributed by atoms with Crippen molar-refractivity contribution in [2.45, 2.75) is 32.1 Å². The Morgan fingerprint density at radius 3 is 2.37 bits per heavy atom. The van der Waals surface area contributed by atoms with E-state index in [-0.39, 0.29) is 11.1 Å². The number of amides is 2. The van der Waals surface area contributed by atoms with Gasteiger partial charge >= 0.3 is 0 Å². The first-order valence-electron chi connectivity index (χ1n) is 9.13. The van der Waals surface area contributed by atoms with Gasteiger partial charge in [-0.3, -0.25) is 14.5 Å². The van der Waals surface area contributed by atoms with Gasteiger partial charge in [-0.1, -0.05) is 19.3 Å². The zero-order chi connectivity index (χ0) is 19.4. The van der Waals surface area contributed by atoms with E-state index in [2.05, 4.69) is 0 Å². The van der Waals surface area contributed by atoms with E-state index in [9.17, 15) is 9.59 Å². The molecule has 3 rings (SSSR count). The minimum absolute atomic E-state index is 0.198. The number of carbonyl (C=O) groups excluding carboxylic acids is 2. The molecule has 0 spiro atoms. The van der Waals surface area contributed by atoms with Crippen molar-refractivity contribution in [3.8, 4) is 17.2 Å². The number of nitrogens with zero attached hydrogens (tertiary/aromatic N) is 1. The summed E-state index contributed by atoms with van der Waals surface area (Å²) in [5, 5.41) is -0.198. The van der Waals surface area contributed by atoms with Crippen molar-refractivity contribution in [2.75, 3.05) is 27.9 Å². The predicted molar refractivity (Wildman–Crippen MR) is 105 cm³/mol. The largest absolute Gasteiger partial charge is 0.493 e. The van der Waals surface area contributed by atoms with E-state index in [1.54, 1.807) is 25.3 Å². The second-order valence-corrected chi connectivity index (χ2v) is 7.71. The molecule has 0 atom stereocenters. The Hall–Kier alpha value is -2.15. The van der Waals surface area contributed by atoms with Crippen LogP contribution in [0.15, 0.2) is 17.0 Å². The number of ether oxygens (including phenoxy) is 3. The third-order valence-corrected chi connectivity index (χ3v) is 5.97. The van der Waals surface area contributed by atoms with E-state index >= 15 is 0 Å². The van der Waals surface area contributed by atoms with Crippen LogP contribution in [0, 0.1) is 5.92 Å². The highest BCUT2D eigenvalue weighted by atomic mass is 32.2. The Labute approximate surface area is 163 Å². The molecule has 2 amide bonds. The van der Waals surface area contributed by atoms with Crippen LogP contribution in [0.5, 0.6) is 17.2 Å². The first-order chi connectivity index (χ1) is 13.1. The second-order valence-electron chi connectivity index (χ2n) is 6.72. The average molecular weight is 391 g/mol. The van der Waals surface area contributed by atoms with Crippen molar-refractivity contribution in [2.24, 2.45) is 5.92 Å². The number of carbonyl (C=O) groups is 2. The summed E-state index contributed by atoms with van der Waals surface area (Å²) in [5.41, 5.74) is 0.665. The molecule has 0 aromatic heterocycles. The van der Waals surface area contributed by atoms with E-state index in [4.69, 9.17) is 14.2 Å². The zero-order valence-corrected chi connectivity index (χ0v) is 16.8. The molecule has 146 valence electrons. The highest BCUT2D eigenvalue weighted by Crippen LogP contribution is 2.42. The van der Waals surface area contributed by atoms with Crippen LogP contribution in [-0.4, -0.2) is 43.9 Å². The normalized spacial score (nSPS) is 19.7. The van der Waals surface area contributed by atoms with E-state index < -0.39 is 0 Å². The lowest BCUT2D eigenvalue weighted by Gasteiger charge is -2.25. The molecule has 1 aliphatic heterocycles. The maximum Gasteiger partial charge on any atom is 0.293 e. The lowest BCUT2D eigenvalue weighted by atomic mass is 9.89. The number of imide groups is 1. The minimum Gasteiger partial charge on any atom is -0.493 e. The van der Waals surface area contributed by atoms with Gasteiger partial charge in [-0.05, 0) is 48.7 Å². The molecule has 1 heterocycles. The van der Waals surface area contributed by atoms with E-state index in [0.717, 1.165) is 24.6 Å². The third kappa shape index (κ3) is 4.08. The van der Waals surface area contributed by atoms with Crippen LogP contribution < -0.4 is 14.2 Å². The van der Waals surface area contributed by atoms with Crippen molar-refractivity contribution in [1.29, 1.82) is 0 Å². The third-order valence-electron chi connectivity index (χ3n) is 5.06. The van der Waals surface area contributed by atoms with Gasteiger partial charge in [0.15, 0.2) is 11.5 Å². The van der Waals surface area contributed by atoms with Crippen LogP contribution in [0.1, 0.15) is 37.7 Å². The zero-order valence-electron chi connectivity index (χ0n) is 15.9. The van der Waals surface area contributed by atoms with Crippen molar-refractivity contribution >= 4 is 29.0 Å². The number of rotatable bonds is 6. The Morgan fingerprint density at radius 2 is 1.74 bits per heavy atom. The topological polar surface area (TPSA) is 65.1 Å². The van der Waals surface area contributed by atoms with Gasteiger partial charge in [0.1, 0.15) is 0 Å². The fourth-order valence-electron chi connectivity index (χ4n) is 3.66. The second kappa shape index (κ2) is 8.69. The summed E-state index contributed by atoms with van der Waals surface area (Å²) >= 11 is 0.979. The number of hydrogen-bond acceptors (Lipinski definition) is 6. The van der Waals surface area contributed by atoms with Gasteiger partial charge < -0.3 is 14.2 Å². The van der Waals surface area contributed by atoms with Crippen molar-refractivity contribution in [3.63, 3.8) is 0 Å². The molecule has 2 fully saturated rings. The lowest BCUT2D eigenvalue weighted by Crippen LogP contribution is -2.34. The molecule has 1 saturated carbocycles. The lowest BCUT2D eigenvalue weighted by molar-refractivity contribution is -0.123. The predicted octanol–water partition coefficient (Wildman–Crippen LogP) is 4.33. The highest BCUT2D eigenvalue weighted by Gasteiger charge is 2.36. The molecule has 1 saturated heterocycles. The molecule has 1 aliphatic carbocycles. The summed E-state index contributed by atoms with van der Waals surface area (Å²) in [5.74, 6) is 1.65. The fraction of sp³-hybridized carbons (Fsp3) is 0.500. The minimum atomic E-state index is -0.229. The SMILES string of the molecule is COc1ccc(/C=C2/SC(=O)N(CC3CCCCC3)C2=O)c(OC)c1OC. The molecule has 0 bridgehead atoms. The quantitative estimate of drug-likeness (QED) is 0.673. The molecule has 7 heteroatoms. The smallest absolute Gasteiger partial charge is 0.293 e. The molecule has 2 aliphatic rings. The van der Waals surface area contributed by atoms with E-state index in [0.29, 0.717) is 40.2 Å². The van der Waals surface area contributed by atoms with Gasteiger partial charge in [-0.2, -0.15) is 0 Å². The molecule has 1 aromatic carbocycles. The summed E-state index contributed by atoms with van der Waals surface area (Å²) in [6, 6.07) is 3.54. The molecule has 1 aromatic rings. The average Bonchev–Trinajstić information content (AvgIpc) is 2.95. The monoisotopic (exact) mass is 391 g/mol. The maximum atomic E-state index is 12.8. The van der Waals surface area contributed by atoms with Crippen LogP contribution in [0.3, 0.4) is 0 Å². The number of methoxy groups -OCH3 is 3. The van der Waals surface area contributed by atoms with Gasteiger partial charge in [0.2, 0.25) is 5.75 Å². The van der Waals surface area contributed by atoms with Crippen molar-refractivity contribution in [1.82, 2.24) is 4.90 Å². The van der Waals surface area contributed by atoms with Crippen LogP contribution >= 0.6 is 11.8 Å². The van der Waals surface area contributed by atoms with Crippen LogP contribution in [0.4, 0.5) is 4.79 Å². The number of thioether (sulfide) groups is 1. The molecule has 0 radical (unpaired) electrons. The summed E-state index contributed by atoms with van der Waals surface area (Å²) < 4.78 is 16.1. The van der Waals surface area contributed by atoms with Crippen LogP contribution in [0.2, 0.25) is 0 Å². The molecular formula is C20H25NO5S. The first-order valence-corrected chi connectivity index (χ1v) is 9.95. The van der Waals surface area contributed by atoms with E-state index in [1.165, 1.54) is 38.4 Å². The highest BCUT2D eigenvalue weighted by molar-refractivity contribution is 8.18. The van der Waals surface area contributed by atoms with Crippen LogP contribution in [-0.2, 0) is 4.79 Å². The molecule has 27 heavy (non-hydrogen) atoms. The first kappa shape index (κ1) is 19.6. The summed E-state index contributed by atoms with van der Waals surface area (Å²) in [6.07, 6.45) is 7.47. The Bertz CT molecular complexity index is 755. The van der Waals surface area contributed by atoms with Crippen LogP contribution in [0.25, 0.3) is 6.08 Å². The standard InChI is InChI=1S/C20H25NO5S/c1-24-15-10-9-14(17(25-2)18(15)26-3)11-16-19(22)21(20(23)27-16)12-13-7-5-4-6-8-13/h9-11,13H,4-8,12H2,1-3H3/b16-11+. The van der Waals surface area contributed by atoms with E-state index in [1.807, 2.05) is 0 Å². The molecule has 0 unspecified atom stereocenters. The maximum absolute atomic E-state index is 12.8. The van der Waals surface area contributed by atoms with Crippen molar-refractivity contribution < 1.29 is 23.8 Å². The Morgan fingerprint density at radius 1 is 1.04 bits per heavy atom. The number of hydrogen-bond donors (Lipinski definition) is 0. The summed E-state index contributed by atoms with van der Waals surface area (Å²) in [7, 11) is 4.61. The molecule has 0 N–H and O–H groups in total. The van der Waals surface area contributed by atoms with Gasteiger partial charge in [-0.15, -0.1) is 0 Å². The summed E-state index contributed by atoms with van der Waals surface area (Å²) in [4.78, 5) is 27.0. The fourth-order valence-corrected chi connectivity index (χ4v) is 4.50.